The van der Waals surface area contributed by atoms with Crippen LogP contribution in [0, 0.1) is 0 Å². The van der Waals surface area contributed by atoms with Gasteiger partial charge in [0.25, 0.3) is 0 Å². The Balaban J connectivity index is 2.03. The largest absolute Gasteiger partial charge is 0.472 e. The van der Waals surface area contributed by atoms with Crippen molar-refractivity contribution in [3.05, 3.63) is 21.2 Å². The van der Waals surface area contributed by atoms with Crippen LogP contribution in [0.2, 0.25) is 0 Å². The molecule has 82 valence electrons. The van der Waals surface area contributed by atoms with Crippen molar-refractivity contribution < 1.29 is 4.74 Å². The van der Waals surface area contributed by atoms with Gasteiger partial charge in [-0.25, -0.2) is 4.98 Å². The number of ether oxygens (including phenoxy) is 1. The molecule has 2 heterocycles. The van der Waals surface area contributed by atoms with Gasteiger partial charge in [0.05, 0.1) is 4.47 Å². The third-order valence-corrected chi connectivity index (χ3v) is 3.31. The number of aromatic nitrogens is 1. The van der Waals surface area contributed by atoms with E-state index in [1.54, 1.807) is 6.20 Å². The molecule has 0 saturated carbocycles. The van der Waals surface area contributed by atoms with Crippen molar-refractivity contribution in [1.82, 2.24) is 10.3 Å². The van der Waals surface area contributed by atoms with E-state index < -0.39 is 0 Å². The molecule has 0 bridgehead atoms. The molecule has 0 radical (unpaired) electrons. The Bertz CT molecular complexity index is 340. The van der Waals surface area contributed by atoms with E-state index in [-0.39, 0.29) is 6.10 Å². The van der Waals surface area contributed by atoms with Gasteiger partial charge < -0.3 is 10.1 Å². The molecule has 1 aromatic rings. The fourth-order valence-electron chi connectivity index (χ4n) is 1.57. The molecule has 1 saturated heterocycles. The van der Waals surface area contributed by atoms with Gasteiger partial charge in [-0.1, -0.05) is 0 Å². The zero-order valence-electron chi connectivity index (χ0n) is 8.17. The smallest absolute Gasteiger partial charge is 0.228 e. The van der Waals surface area contributed by atoms with Gasteiger partial charge in [-0.05, 0) is 57.3 Å². The predicted molar refractivity (Wildman–Crippen MR) is 66.2 cm³/mol. The molecule has 0 spiro atoms. The summed E-state index contributed by atoms with van der Waals surface area (Å²) in [6, 6.07) is 1.94. The van der Waals surface area contributed by atoms with Crippen LogP contribution in [0.5, 0.6) is 5.88 Å². The Morgan fingerprint density at radius 2 is 2.33 bits per heavy atom. The lowest BCUT2D eigenvalue weighted by molar-refractivity contribution is 0.159. The van der Waals surface area contributed by atoms with Gasteiger partial charge in [0.15, 0.2) is 0 Å². The van der Waals surface area contributed by atoms with Gasteiger partial charge in [-0.2, -0.15) is 0 Å². The molecule has 0 aliphatic carbocycles. The van der Waals surface area contributed by atoms with Crippen molar-refractivity contribution in [1.29, 1.82) is 0 Å². The van der Waals surface area contributed by atoms with E-state index >= 15 is 0 Å². The fourth-order valence-corrected chi connectivity index (χ4v) is 2.65. The molecule has 0 unspecified atom stereocenters. The minimum absolute atomic E-state index is 0.240. The van der Waals surface area contributed by atoms with Crippen LogP contribution in [0.3, 0.4) is 0 Å². The van der Waals surface area contributed by atoms with Crippen LogP contribution in [0.15, 0.2) is 21.2 Å². The third-order valence-electron chi connectivity index (χ3n) is 2.30. The Hall–Kier alpha value is -0.130. The molecule has 5 heteroatoms. The standard InChI is InChI=1S/C10H12Br2N2O/c11-7-4-9(12)10(14-5-7)15-8-2-1-3-13-6-8/h4-5,8,13H,1-3,6H2/t8-/m0/s1. The molecule has 3 nitrogen and oxygen atoms in total. The van der Waals surface area contributed by atoms with Crippen LogP contribution in [0.4, 0.5) is 0 Å². The Labute approximate surface area is 106 Å². The number of pyridine rings is 1. The average Bonchev–Trinajstić information content (AvgIpc) is 2.24. The van der Waals surface area contributed by atoms with E-state index in [1.807, 2.05) is 6.07 Å². The van der Waals surface area contributed by atoms with E-state index in [9.17, 15) is 0 Å². The summed E-state index contributed by atoms with van der Waals surface area (Å²) in [4.78, 5) is 4.23. The van der Waals surface area contributed by atoms with Crippen molar-refractivity contribution in [3.8, 4) is 5.88 Å². The van der Waals surface area contributed by atoms with E-state index in [1.165, 1.54) is 6.42 Å². The maximum Gasteiger partial charge on any atom is 0.228 e. The maximum absolute atomic E-state index is 5.80. The quantitative estimate of drug-likeness (QED) is 0.902. The second-order valence-electron chi connectivity index (χ2n) is 3.53. The molecule has 15 heavy (non-hydrogen) atoms. The summed E-state index contributed by atoms with van der Waals surface area (Å²) in [6.07, 6.45) is 4.25. The maximum atomic E-state index is 5.80. The highest BCUT2D eigenvalue weighted by Crippen LogP contribution is 2.26. The molecule has 1 N–H and O–H groups in total. The molecular formula is C10H12Br2N2O. The van der Waals surface area contributed by atoms with Gasteiger partial charge in [0, 0.05) is 17.2 Å². The number of nitrogens with zero attached hydrogens (tertiary/aromatic N) is 1. The van der Waals surface area contributed by atoms with Crippen molar-refractivity contribution in [2.75, 3.05) is 13.1 Å². The summed E-state index contributed by atoms with van der Waals surface area (Å²) in [5.74, 6) is 0.673. The number of hydrogen-bond donors (Lipinski definition) is 1. The molecule has 2 rings (SSSR count). The van der Waals surface area contributed by atoms with Gasteiger partial charge in [-0.15, -0.1) is 0 Å². The highest BCUT2D eigenvalue weighted by atomic mass is 79.9. The zero-order chi connectivity index (χ0) is 10.7. The molecule has 1 aliphatic rings. The summed E-state index contributed by atoms with van der Waals surface area (Å²) in [5, 5.41) is 3.31. The lowest BCUT2D eigenvalue weighted by Gasteiger charge is -2.23. The molecule has 1 fully saturated rings. The number of hydrogen-bond acceptors (Lipinski definition) is 3. The van der Waals surface area contributed by atoms with E-state index in [0.29, 0.717) is 5.88 Å². The minimum Gasteiger partial charge on any atom is -0.472 e. The van der Waals surface area contributed by atoms with Crippen molar-refractivity contribution in [2.24, 2.45) is 0 Å². The van der Waals surface area contributed by atoms with Crippen LogP contribution in [0.25, 0.3) is 0 Å². The average molecular weight is 336 g/mol. The van der Waals surface area contributed by atoms with Gasteiger partial charge >= 0.3 is 0 Å². The van der Waals surface area contributed by atoms with Crippen LogP contribution in [-0.2, 0) is 0 Å². The first-order chi connectivity index (χ1) is 7.25. The first kappa shape index (κ1) is 11.4. The molecule has 0 aromatic carbocycles. The predicted octanol–water partition coefficient (Wildman–Crippen LogP) is 2.74. The zero-order valence-corrected chi connectivity index (χ0v) is 11.3. The third kappa shape index (κ3) is 3.16. The van der Waals surface area contributed by atoms with E-state index in [0.717, 1.165) is 28.5 Å². The normalized spacial score (nSPS) is 21.3. The molecule has 0 amide bonds. The Morgan fingerprint density at radius 1 is 1.47 bits per heavy atom. The SMILES string of the molecule is Brc1cnc(O[C@H]2CCCNC2)c(Br)c1. The topological polar surface area (TPSA) is 34.1 Å². The van der Waals surface area contributed by atoms with Crippen molar-refractivity contribution in [3.63, 3.8) is 0 Å². The number of rotatable bonds is 2. The number of piperidine rings is 1. The Kier molecular flexibility index (Phi) is 3.99. The van der Waals surface area contributed by atoms with Gasteiger partial charge in [-0.3, -0.25) is 0 Å². The van der Waals surface area contributed by atoms with Crippen LogP contribution in [0.1, 0.15) is 12.8 Å². The summed E-state index contributed by atoms with van der Waals surface area (Å²) >= 11 is 6.80. The molecular weight excluding hydrogens is 324 g/mol. The summed E-state index contributed by atoms with van der Waals surface area (Å²) in [5.41, 5.74) is 0. The Morgan fingerprint density at radius 3 is 3.00 bits per heavy atom. The lowest BCUT2D eigenvalue weighted by Crippen LogP contribution is -2.37. The van der Waals surface area contributed by atoms with Crippen LogP contribution in [-0.4, -0.2) is 24.2 Å². The monoisotopic (exact) mass is 334 g/mol. The molecule has 1 aromatic heterocycles. The fraction of sp³-hybridized carbons (Fsp3) is 0.500. The van der Waals surface area contributed by atoms with Crippen LogP contribution < -0.4 is 10.1 Å². The van der Waals surface area contributed by atoms with Crippen LogP contribution >= 0.6 is 31.9 Å². The van der Waals surface area contributed by atoms with E-state index in [4.69, 9.17) is 4.74 Å². The van der Waals surface area contributed by atoms with E-state index in [2.05, 4.69) is 42.2 Å². The van der Waals surface area contributed by atoms with Crippen molar-refractivity contribution in [2.45, 2.75) is 18.9 Å². The highest BCUT2D eigenvalue weighted by molar-refractivity contribution is 9.11. The van der Waals surface area contributed by atoms with Gasteiger partial charge in [0.1, 0.15) is 6.10 Å². The molecule has 1 aliphatic heterocycles. The summed E-state index contributed by atoms with van der Waals surface area (Å²) < 4.78 is 7.64. The number of nitrogens with one attached hydrogen (secondary N) is 1. The summed E-state index contributed by atoms with van der Waals surface area (Å²) in [7, 11) is 0. The highest BCUT2D eigenvalue weighted by Gasteiger charge is 2.16. The minimum atomic E-state index is 0.240. The molecule has 1 atom stereocenters. The second kappa shape index (κ2) is 5.27. The second-order valence-corrected chi connectivity index (χ2v) is 5.30. The van der Waals surface area contributed by atoms with Gasteiger partial charge in [0.2, 0.25) is 5.88 Å². The summed E-state index contributed by atoms with van der Waals surface area (Å²) in [6.45, 7) is 2.00. The first-order valence-corrected chi connectivity index (χ1v) is 6.53. The number of halogens is 2. The van der Waals surface area contributed by atoms with Crippen molar-refractivity contribution >= 4 is 31.9 Å². The lowest BCUT2D eigenvalue weighted by atomic mass is 10.1. The first-order valence-electron chi connectivity index (χ1n) is 4.94.